The third kappa shape index (κ3) is 3.60. The van der Waals surface area contributed by atoms with Crippen LogP contribution in [0.25, 0.3) is 0 Å². The summed E-state index contributed by atoms with van der Waals surface area (Å²) in [6.45, 7) is 3.60. The maximum absolute atomic E-state index is 11.7. The van der Waals surface area contributed by atoms with E-state index in [2.05, 4.69) is 6.58 Å². The van der Waals surface area contributed by atoms with Crippen LogP contribution in [0.15, 0.2) is 12.7 Å². The summed E-state index contributed by atoms with van der Waals surface area (Å²) in [5.41, 5.74) is -1.27. The number of halogens is 1. The van der Waals surface area contributed by atoms with Crippen molar-refractivity contribution < 1.29 is 9.90 Å². The van der Waals surface area contributed by atoms with E-state index in [0.29, 0.717) is 18.8 Å². The van der Waals surface area contributed by atoms with Gasteiger partial charge in [-0.25, -0.2) is 0 Å². The second-order valence-corrected chi connectivity index (χ2v) is 5.06. The molecule has 2 nitrogen and oxygen atoms in total. The quantitative estimate of drug-likeness (QED) is 0.576. The standard InChI is InChI=1S/C13H21ClO2/c1-2-8-13(16,12(15)10-14)9-11-6-4-3-5-7-11/h2,11,16H,1,3-10H2. The smallest absolute Gasteiger partial charge is 0.179 e. The predicted molar refractivity (Wildman–Crippen MR) is 66.7 cm³/mol. The molecule has 1 saturated carbocycles. The Morgan fingerprint density at radius 1 is 1.44 bits per heavy atom. The molecule has 0 aromatic carbocycles. The van der Waals surface area contributed by atoms with Crippen molar-refractivity contribution in [1.82, 2.24) is 0 Å². The van der Waals surface area contributed by atoms with Crippen molar-refractivity contribution in [1.29, 1.82) is 0 Å². The summed E-state index contributed by atoms with van der Waals surface area (Å²) >= 11 is 5.55. The molecule has 1 aliphatic rings. The van der Waals surface area contributed by atoms with Crippen LogP contribution in [-0.4, -0.2) is 22.4 Å². The van der Waals surface area contributed by atoms with Crippen LogP contribution in [0.4, 0.5) is 0 Å². The zero-order valence-corrected chi connectivity index (χ0v) is 10.5. The van der Waals surface area contributed by atoms with Crippen molar-refractivity contribution in [2.75, 3.05) is 5.88 Å². The summed E-state index contributed by atoms with van der Waals surface area (Å²) in [5, 5.41) is 10.3. The van der Waals surface area contributed by atoms with Gasteiger partial charge < -0.3 is 5.11 Å². The van der Waals surface area contributed by atoms with Crippen molar-refractivity contribution in [3.63, 3.8) is 0 Å². The zero-order chi connectivity index (χ0) is 12.0. The van der Waals surface area contributed by atoms with E-state index in [1.165, 1.54) is 19.3 Å². The molecular formula is C13H21ClO2. The molecule has 0 saturated heterocycles. The van der Waals surface area contributed by atoms with E-state index in [1.54, 1.807) is 6.08 Å². The van der Waals surface area contributed by atoms with E-state index < -0.39 is 5.60 Å². The molecule has 0 aromatic heterocycles. The van der Waals surface area contributed by atoms with Crippen LogP contribution in [0.3, 0.4) is 0 Å². The fourth-order valence-corrected chi connectivity index (χ4v) is 2.79. The molecule has 0 radical (unpaired) electrons. The maximum Gasteiger partial charge on any atom is 0.179 e. The lowest BCUT2D eigenvalue weighted by molar-refractivity contribution is -0.136. The minimum Gasteiger partial charge on any atom is -0.382 e. The van der Waals surface area contributed by atoms with Crippen molar-refractivity contribution in [2.45, 2.75) is 50.5 Å². The van der Waals surface area contributed by atoms with Gasteiger partial charge in [-0.05, 0) is 12.3 Å². The second kappa shape index (κ2) is 6.41. The van der Waals surface area contributed by atoms with Crippen molar-refractivity contribution in [3.8, 4) is 0 Å². The lowest BCUT2D eigenvalue weighted by Crippen LogP contribution is -2.41. The van der Waals surface area contributed by atoms with Crippen LogP contribution < -0.4 is 0 Å². The number of hydrogen-bond donors (Lipinski definition) is 1. The molecule has 3 heteroatoms. The molecule has 0 bridgehead atoms. The van der Waals surface area contributed by atoms with E-state index in [1.807, 2.05) is 0 Å². The number of carbonyl (C=O) groups is 1. The normalized spacial score (nSPS) is 21.4. The third-order valence-electron chi connectivity index (χ3n) is 3.47. The average molecular weight is 245 g/mol. The number of hydrogen-bond acceptors (Lipinski definition) is 2. The Hall–Kier alpha value is -0.340. The van der Waals surface area contributed by atoms with Gasteiger partial charge in [-0.15, -0.1) is 18.2 Å². The Labute approximate surface area is 103 Å². The Bertz CT molecular complexity index is 246. The van der Waals surface area contributed by atoms with Crippen LogP contribution in [0.1, 0.15) is 44.9 Å². The topological polar surface area (TPSA) is 37.3 Å². The van der Waals surface area contributed by atoms with Gasteiger partial charge in [0, 0.05) is 6.42 Å². The number of Topliss-reactive ketones (excluding diaryl/α,β-unsaturated/α-hetero) is 1. The number of carbonyl (C=O) groups excluding carboxylic acids is 1. The van der Waals surface area contributed by atoms with Crippen LogP contribution in [-0.2, 0) is 4.79 Å². The molecule has 1 atom stereocenters. The molecule has 16 heavy (non-hydrogen) atoms. The molecular weight excluding hydrogens is 224 g/mol. The summed E-state index contributed by atoms with van der Waals surface area (Å²) < 4.78 is 0. The van der Waals surface area contributed by atoms with E-state index >= 15 is 0 Å². The van der Waals surface area contributed by atoms with Gasteiger partial charge in [0.15, 0.2) is 5.78 Å². The van der Waals surface area contributed by atoms with Gasteiger partial charge in [0.05, 0.1) is 5.88 Å². The van der Waals surface area contributed by atoms with Crippen LogP contribution in [0, 0.1) is 5.92 Å². The van der Waals surface area contributed by atoms with Gasteiger partial charge in [-0.1, -0.05) is 38.2 Å². The molecule has 0 heterocycles. The third-order valence-corrected chi connectivity index (χ3v) is 3.72. The number of ketones is 1. The summed E-state index contributed by atoms with van der Waals surface area (Å²) in [6.07, 6.45) is 8.41. The van der Waals surface area contributed by atoms with Crippen molar-refractivity contribution in [3.05, 3.63) is 12.7 Å². The molecule has 0 spiro atoms. The van der Waals surface area contributed by atoms with Gasteiger partial charge in [0.1, 0.15) is 5.60 Å². The highest BCUT2D eigenvalue weighted by molar-refractivity contribution is 6.28. The molecule has 1 unspecified atom stereocenters. The van der Waals surface area contributed by atoms with Gasteiger partial charge in [0.25, 0.3) is 0 Å². The van der Waals surface area contributed by atoms with Crippen LogP contribution >= 0.6 is 11.6 Å². The van der Waals surface area contributed by atoms with Crippen LogP contribution in [0.5, 0.6) is 0 Å². The number of alkyl halides is 1. The summed E-state index contributed by atoms with van der Waals surface area (Å²) in [5.74, 6) is 0.0855. The minimum atomic E-state index is -1.27. The van der Waals surface area contributed by atoms with Crippen molar-refractivity contribution in [2.24, 2.45) is 5.92 Å². The summed E-state index contributed by atoms with van der Waals surface area (Å²) in [7, 11) is 0. The Kier molecular flexibility index (Phi) is 5.50. The molecule has 1 N–H and O–H groups in total. The highest BCUT2D eigenvalue weighted by Gasteiger charge is 2.36. The first-order valence-corrected chi connectivity index (χ1v) is 6.58. The molecule has 1 aliphatic carbocycles. The van der Waals surface area contributed by atoms with Crippen molar-refractivity contribution >= 4 is 17.4 Å². The first-order chi connectivity index (χ1) is 7.62. The Morgan fingerprint density at radius 2 is 2.06 bits per heavy atom. The number of rotatable bonds is 6. The summed E-state index contributed by atoms with van der Waals surface area (Å²) in [4.78, 5) is 11.7. The van der Waals surface area contributed by atoms with E-state index in [-0.39, 0.29) is 11.7 Å². The van der Waals surface area contributed by atoms with E-state index in [9.17, 15) is 9.90 Å². The molecule has 0 aliphatic heterocycles. The number of aliphatic hydroxyl groups is 1. The van der Waals surface area contributed by atoms with Gasteiger partial charge >= 0.3 is 0 Å². The molecule has 92 valence electrons. The summed E-state index contributed by atoms with van der Waals surface area (Å²) in [6, 6.07) is 0. The molecule has 0 aromatic rings. The lowest BCUT2D eigenvalue weighted by atomic mass is 9.78. The van der Waals surface area contributed by atoms with Gasteiger partial charge in [-0.3, -0.25) is 4.79 Å². The second-order valence-electron chi connectivity index (χ2n) is 4.79. The van der Waals surface area contributed by atoms with Gasteiger partial charge in [-0.2, -0.15) is 0 Å². The monoisotopic (exact) mass is 244 g/mol. The molecule has 1 fully saturated rings. The molecule has 1 rings (SSSR count). The fourth-order valence-electron chi connectivity index (χ4n) is 2.54. The maximum atomic E-state index is 11.7. The van der Waals surface area contributed by atoms with E-state index in [4.69, 9.17) is 11.6 Å². The highest BCUT2D eigenvalue weighted by atomic mass is 35.5. The van der Waals surface area contributed by atoms with E-state index in [0.717, 1.165) is 12.8 Å². The predicted octanol–water partition coefficient (Wildman–Crippen LogP) is 3.07. The molecule has 0 amide bonds. The fraction of sp³-hybridized carbons (Fsp3) is 0.769. The first kappa shape index (κ1) is 13.7. The first-order valence-electron chi connectivity index (χ1n) is 6.05. The zero-order valence-electron chi connectivity index (χ0n) is 9.75. The Morgan fingerprint density at radius 3 is 2.56 bits per heavy atom. The SMILES string of the molecule is C=CCC(O)(CC1CCCCC1)C(=O)CCl. The Balaban J connectivity index is 2.61. The average Bonchev–Trinajstić information content (AvgIpc) is 2.29. The van der Waals surface area contributed by atoms with Gasteiger partial charge in [0.2, 0.25) is 0 Å². The van der Waals surface area contributed by atoms with Crippen LogP contribution in [0.2, 0.25) is 0 Å². The minimum absolute atomic E-state index is 0.114. The largest absolute Gasteiger partial charge is 0.382 e. The lowest BCUT2D eigenvalue weighted by Gasteiger charge is -2.31. The highest BCUT2D eigenvalue weighted by Crippen LogP contribution is 2.32.